The summed E-state index contributed by atoms with van der Waals surface area (Å²) in [4.78, 5) is 27.1. The molecule has 0 aromatic carbocycles. The molecule has 1 heterocycles. The number of nitrogens with two attached hydrogens (primary N) is 1. The highest BCUT2D eigenvalue weighted by atomic mass is 16.5. The summed E-state index contributed by atoms with van der Waals surface area (Å²) in [6.45, 7) is 1.73. The first kappa shape index (κ1) is 15.7. The van der Waals surface area contributed by atoms with E-state index in [1.54, 1.807) is 19.1 Å². The second-order valence-corrected chi connectivity index (χ2v) is 4.00. The van der Waals surface area contributed by atoms with Gasteiger partial charge in [0.2, 0.25) is 0 Å². The molecule has 1 rings (SSSR count). The van der Waals surface area contributed by atoms with Crippen molar-refractivity contribution in [3.63, 3.8) is 0 Å². The zero-order valence-corrected chi connectivity index (χ0v) is 11.4. The largest absolute Gasteiger partial charge is 0.467 e. The zero-order chi connectivity index (χ0) is 15.3. The monoisotopic (exact) mass is 283 g/mol. The molecule has 4 N–H and O–H groups in total. The van der Waals surface area contributed by atoms with E-state index in [2.05, 4.69) is 19.8 Å². The van der Waals surface area contributed by atoms with Crippen LogP contribution in [0, 0.1) is 6.92 Å². The van der Waals surface area contributed by atoms with Crippen LogP contribution >= 0.6 is 0 Å². The maximum absolute atomic E-state index is 11.7. The van der Waals surface area contributed by atoms with Crippen LogP contribution in [-0.4, -0.2) is 48.4 Å². The molecule has 0 saturated carbocycles. The zero-order valence-electron chi connectivity index (χ0n) is 11.4. The lowest BCUT2D eigenvalue weighted by Gasteiger charge is -2.21. The summed E-state index contributed by atoms with van der Waals surface area (Å²) < 4.78 is 8.92. The van der Waals surface area contributed by atoms with Gasteiger partial charge in [-0.1, -0.05) is 0 Å². The van der Waals surface area contributed by atoms with Crippen molar-refractivity contribution >= 4 is 23.4 Å². The Kier molecular flexibility index (Phi) is 5.27. The molecule has 1 aromatic rings. The number of nitrogens with one attached hydrogen (secondary N) is 1. The Morgan fingerprint density at radius 3 is 2.45 bits per heavy atom. The molecule has 0 aliphatic rings. The first-order chi connectivity index (χ1) is 9.40. The van der Waals surface area contributed by atoms with Gasteiger partial charge in [-0.3, -0.25) is 0 Å². The third kappa shape index (κ3) is 3.58. The smallest absolute Gasteiger partial charge is 0.337 e. The number of ether oxygens (including phenoxy) is 2. The van der Waals surface area contributed by atoms with E-state index in [0.717, 1.165) is 14.2 Å². The van der Waals surface area contributed by atoms with Gasteiger partial charge in [-0.15, -0.1) is 0 Å². The van der Waals surface area contributed by atoms with Gasteiger partial charge in [0.1, 0.15) is 5.82 Å². The minimum Gasteiger partial charge on any atom is -0.467 e. The second kappa shape index (κ2) is 6.71. The van der Waals surface area contributed by atoms with Crippen LogP contribution in [0.2, 0.25) is 0 Å². The molecule has 0 saturated heterocycles. The molecule has 0 amide bonds. The molecule has 1 aromatic heterocycles. The number of hydrogen-bond acceptors (Lipinski definition) is 8. The van der Waals surface area contributed by atoms with E-state index in [4.69, 9.17) is 5.73 Å². The molecule has 0 spiro atoms. The average molecular weight is 283 g/mol. The van der Waals surface area contributed by atoms with Crippen LogP contribution in [0.4, 0.5) is 11.5 Å². The van der Waals surface area contributed by atoms with Crippen molar-refractivity contribution in [1.82, 2.24) is 4.98 Å². The summed E-state index contributed by atoms with van der Waals surface area (Å²) in [6.07, 6.45) is -1.74. The highest BCUT2D eigenvalue weighted by molar-refractivity contribution is 5.89. The lowest BCUT2D eigenvalue weighted by Crippen LogP contribution is -2.46. The minimum absolute atomic E-state index is 0.170. The number of carbonyl (C=O) groups is 2. The molecule has 20 heavy (non-hydrogen) atoms. The number of hydrogen-bond donors (Lipinski definition) is 3. The summed E-state index contributed by atoms with van der Waals surface area (Å²) in [5, 5.41) is 12.4. The van der Waals surface area contributed by atoms with E-state index >= 15 is 0 Å². The minimum atomic E-state index is -1.74. The molecule has 0 aliphatic carbocycles. The Bertz CT molecular complexity index is 506. The maximum atomic E-state index is 11.7. The van der Waals surface area contributed by atoms with Crippen LogP contribution < -0.4 is 11.1 Å². The number of carbonyl (C=O) groups excluding carboxylic acids is 2. The van der Waals surface area contributed by atoms with Crippen LogP contribution in [0.5, 0.6) is 0 Å². The molecule has 0 unspecified atom stereocenters. The Balaban J connectivity index is 3.03. The van der Waals surface area contributed by atoms with Crippen molar-refractivity contribution in [3.05, 3.63) is 17.8 Å². The summed E-state index contributed by atoms with van der Waals surface area (Å²) in [6, 6.07) is 1.90. The molecule has 0 fully saturated rings. The first-order valence-electron chi connectivity index (χ1n) is 5.74. The van der Waals surface area contributed by atoms with E-state index < -0.39 is 24.1 Å². The van der Waals surface area contributed by atoms with Crippen LogP contribution in [0.1, 0.15) is 5.69 Å². The van der Waals surface area contributed by atoms with Gasteiger partial charge in [-0.05, 0) is 19.1 Å². The summed E-state index contributed by atoms with van der Waals surface area (Å²) in [5.41, 5.74) is 6.63. The number of nitrogens with zero attached hydrogens (tertiary/aromatic N) is 1. The molecule has 2 atom stereocenters. The number of aliphatic hydroxyl groups is 1. The number of rotatable bonds is 5. The lowest BCUT2D eigenvalue weighted by atomic mass is 10.1. The molecule has 0 radical (unpaired) electrons. The van der Waals surface area contributed by atoms with Crippen LogP contribution in [0.15, 0.2) is 12.1 Å². The fraction of sp³-hybridized carbons (Fsp3) is 0.417. The van der Waals surface area contributed by atoms with E-state index in [1.165, 1.54) is 0 Å². The molecular formula is C12H17N3O5. The van der Waals surface area contributed by atoms with Crippen molar-refractivity contribution < 1.29 is 24.2 Å². The van der Waals surface area contributed by atoms with E-state index in [-0.39, 0.29) is 11.5 Å². The molecular weight excluding hydrogens is 266 g/mol. The second-order valence-electron chi connectivity index (χ2n) is 4.00. The van der Waals surface area contributed by atoms with Crippen molar-refractivity contribution in [2.75, 3.05) is 25.3 Å². The number of anilines is 2. The fourth-order valence-corrected chi connectivity index (χ4v) is 1.48. The molecule has 0 bridgehead atoms. The van der Waals surface area contributed by atoms with Gasteiger partial charge >= 0.3 is 11.9 Å². The predicted molar refractivity (Wildman–Crippen MR) is 70.8 cm³/mol. The van der Waals surface area contributed by atoms with Gasteiger partial charge in [0.05, 0.1) is 19.9 Å². The van der Waals surface area contributed by atoms with Gasteiger partial charge in [0.15, 0.2) is 12.1 Å². The quantitative estimate of drug-likeness (QED) is 0.615. The number of aromatic nitrogens is 1. The molecule has 8 heteroatoms. The number of aliphatic hydroxyl groups excluding tert-OH is 1. The first-order valence-corrected chi connectivity index (χ1v) is 5.74. The lowest BCUT2D eigenvalue weighted by molar-refractivity contribution is -0.157. The maximum Gasteiger partial charge on any atom is 0.337 e. The summed E-state index contributed by atoms with van der Waals surface area (Å²) in [5.74, 6) is -1.65. The predicted octanol–water partition coefficient (Wildman–Crippen LogP) is -0.540. The van der Waals surface area contributed by atoms with E-state index in [0.29, 0.717) is 5.69 Å². The van der Waals surface area contributed by atoms with Gasteiger partial charge in [0, 0.05) is 5.69 Å². The van der Waals surface area contributed by atoms with Crippen molar-refractivity contribution in [1.29, 1.82) is 0 Å². The number of aryl methyl sites for hydroxylation is 1. The fourth-order valence-electron chi connectivity index (χ4n) is 1.48. The van der Waals surface area contributed by atoms with Crippen molar-refractivity contribution in [3.8, 4) is 0 Å². The Labute approximate surface area is 115 Å². The van der Waals surface area contributed by atoms with Crippen LogP contribution in [0.25, 0.3) is 0 Å². The van der Waals surface area contributed by atoms with Gasteiger partial charge < -0.3 is 25.6 Å². The van der Waals surface area contributed by atoms with Crippen LogP contribution in [0.3, 0.4) is 0 Å². The van der Waals surface area contributed by atoms with Crippen molar-refractivity contribution in [2.45, 2.75) is 19.1 Å². The number of pyridine rings is 1. The topological polar surface area (TPSA) is 124 Å². The van der Waals surface area contributed by atoms with Gasteiger partial charge in [-0.2, -0.15) is 0 Å². The normalized spacial score (nSPS) is 13.2. The van der Waals surface area contributed by atoms with E-state index in [9.17, 15) is 14.7 Å². The molecule has 0 aliphatic heterocycles. The SMILES string of the molecule is COC(=O)[C@@H](O)[C@H](Nc1nc(C)ccc1N)C(=O)OC. The number of esters is 2. The third-order valence-corrected chi connectivity index (χ3v) is 2.57. The molecule has 8 nitrogen and oxygen atoms in total. The Hall–Kier alpha value is -2.35. The number of methoxy groups -OCH3 is 2. The highest BCUT2D eigenvalue weighted by Crippen LogP contribution is 2.18. The summed E-state index contributed by atoms with van der Waals surface area (Å²) >= 11 is 0. The summed E-state index contributed by atoms with van der Waals surface area (Å²) in [7, 11) is 2.23. The standard InChI is InChI=1S/C12H17N3O5/c1-6-4-5-7(13)10(14-6)15-8(11(17)19-2)9(16)12(18)20-3/h4-5,8-9,16H,13H2,1-3H3,(H,14,15)/t8-,9-/m0/s1. The third-order valence-electron chi connectivity index (χ3n) is 2.57. The Morgan fingerprint density at radius 1 is 1.30 bits per heavy atom. The van der Waals surface area contributed by atoms with Crippen LogP contribution in [-0.2, 0) is 19.1 Å². The van der Waals surface area contributed by atoms with E-state index in [1.807, 2.05) is 0 Å². The van der Waals surface area contributed by atoms with Gasteiger partial charge in [-0.25, -0.2) is 14.6 Å². The van der Waals surface area contributed by atoms with Gasteiger partial charge in [0.25, 0.3) is 0 Å². The Morgan fingerprint density at radius 2 is 1.90 bits per heavy atom. The number of nitrogen functional groups attached to an aromatic ring is 1. The van der Waals surface area contributed by atoms with Crippen molar-refractivity contribution in [2.24, 2.45) is 0 Å². The average Bonchev–Trinajstić information content (AvgIpc) is 2.45. The molecule has 110 valence electrons. The highest BCUT2D eigenvalue weighted by Gasteiger charge is 2.34.